The maximum atomic E-state index is 5.66. The molecule has 3 heterocycles. The highest BCUT2D eigenvalue weighted by atomic mass is 32.2. The van der Waals surface area contributed by atoms with Crippen LogP contribution < -0.4 is 11.1 Å². The molecular formula is C22H23N5S2. The minimum absolute atomic E-state index is 0.265. The Morgan fingerprint density at radius 1 is 1.10 bits per heavy atom. The van der Waals surface area contributed by atoms with Crippen molar-refractivity contribution in [2.24, 2.45) is 0 Å². The Bertz CT molecular complexity index is 1110. The van der Waals surface area contributed by atoms with Crippen molar-refractivity contribution in [2.75, 3.05) is 23.9 Å². The van der Waals surface area contributed by atoms with Crippen LogP contribution in [0.25, 0.3) is 32.6 Å². The van der Waals surface area contributed by atoms with Crippen LogP contribution in [0.4, 0.5) is 11.6 Å². The minimum Gasteiger partial charge on any atom is -0.386 e. The van der Waals surface area contributed by atoms with Crippen LogP contribution in [0.15, 0.2) is 53.0 Å². The molecule has 148 valence electrons. The second-order valence-electron chi connectivity index (χ2n) is 6.65. The molecule has 0 aliphatic rings. The maximum absolute atomic E-state index is 5.66. The molecule has 0 fully saturated rings. The van der Waals surface area contributed by atoms with E-state index in [0.29, 0.717) is 0 Å². The van der Waals surface area contributed by atoms with Crippen LogP contribution in [-0.4, -0.2) is 27.8 Å². The normalized spacial score (nSPS) is 11.1. The number of benzene rings is 1. The summed E-state index contributed by atoms with van der Waals surface area (Å²) in [7, 11) is 1.99. The van der Waals surface area contributed by atoms with E-state index >= 15 is 0 Å². The third-order valence-electron chi connectivity index (χ3n) is 4.66. The standard InChI is InChI=1S/C22H23N5S2/c1-3-4-10-28-21-19(24-2)18-16(14-8-6-5-7-9-14)11-17(27-20(18)29-21)15-12-25-22(23)26-13-15/h5-9,11-13,24H,3-4,10H2,1-2H3,(H2,23,25,26). The molecule has 3 N–H and O–H groups in total. The van der Waals surface area contributed by atoms with E-state index in [0.717, 1.165) is 38.7 Å². The van der Waals surface area contributed by atoms with E-state index in [1.165, 1.54) is 22.4 Å². The molecule has 0 atom stereocenters. The molecular weight excluding hydrogens is 398 g/mol. The Labute approximate surface area is 178 Å². The zero-order valence-corrected chi connectivity index (χ0v) is 18.1. The van der Waals surface area contributed by atoms with Gasteiger partial charge in [-0.3, -0.25) is 0 Å². The second-order valence-corrected chi connectivity index (χ2v) is 9.01. The minimum atomic E-state index is 0.265. The highest BCUT2D eigenvalue weighted by Gasteiger charge is 2.19. The Morgan fingerprint density at radius 3 is 2.55 bits per heavy atom. The smallest absolute Gasteiger partial charge is 0.219 e. The lowest BCUT2D eigenvalue weighted by atomic mass is 10.0. The van der Waals surface area contributed by atoms with Crippen molar-refractivity contribution in [1.29, 1.82) is 0 Å². The van der Waals surface area contributed by atoms with E-state index in [1.54, 1.807) is 23.7 Å². The highest BCUT2D eigenvalue weighted by molar-refractivity contribution is 8.01. The summed E-state index contributed by atoms with van der Waals surface area (Å²) in [6, 6.07) is 12.6. The molecule has 0 spiro atoms. The van der Waals surface area contributed by atoms with E-state index in [2.05, 4.69) is 52.5 Å². The van der Waals surface area contributed by atoms with E-state index in [-0.39, 0.29) is 5.95 Å². The third-order valence-corrected chi connectivity index (χ3v) is 7.10. The second kappa shape index (κ2) is 8.80. The van der Waals surface area contributed by atoms with Gasteiger partial charge in [0, 0.05) is 30.4 Å². The third kappa shape index (κ3) is 4.06. The number of thioether (sulfide) groups is 1. The van der Waals surface area contributed by atoms with Crippen molar-refractivity contribution in [3.05, 3.63) is 48.8 Å². The largest absolute Gasteiger partial charge is 0.386 e. The number of hydrogen-bond donors (Lipinski definition) is 2. The van der Waals surface area contributed by atoms with Crippen LogP contribution in [-0.2, 0) is 0 Å². The molecule has 0 amide bonds. The molecule has 3 aromatic heterocycles. The van der Waals surface area contributed by atoms with E-state index in [1.807, 2.05) is 24.9 Å². The van der Waals surface area contributed by atoms with Crippen molar-refractivity contribution in [1.82, 2.24) is 15.0 Å². The summed E-state index contributed by atoms with van der Waals surface area (Å²) in [5, 5.41) is 4.60. The van der Waals surface area contributed by atoms with Crippen molar-refractivity contribution in [3.8, 4) is 22.4 Å². The van der Waals surface area contributed by atoms with Crippen LogP contribution >= 0.6 is 23.1 Å². The summed E-state index contributed by atoms with van der Waals surface area (Å²) < 4.78 is 1.28. The number of aromatic nitrogens is 3. The Morgan fingerprint density at radius 2 is 1.86 bits per heavy atom. The summed E-state index contributed by atoms with van der Waals surface area (Å²) in [4.78, 5) is 14.3. The van der Waals surface area contributed by atoms with Crippen LogP contribution in [0, 0.1) is 0 Å². The average molecular weight is 422 g/mol. The summed E-state index contributed by atoms with van der Waals surface area (Å²) in [5.41, 5.74) is 10.9. The predicted molar refractivity (Wildman–Crippen MR) is 126 cm³/mol. The molecule has 29 heavy (non-hydrogen) atoms. The van der Waals surface area contributed by atoms with Crippen molar-refractivity contribution in [2.45, 2.75) is 24.0 Å². The lowest BCUT2D eigenvalue weighted by Crippen LogP contribution is -1.95. The Balaban J connectivity index is 1.93. The van der Waals surface area contributed by atoms with Gasteiger partial charge in [-0.2, -0.15) is 0 Å². The molecule has 4 rings (SSSR count). The van der Waals surface area contributed by atoms with Gasteiger partial charge in [-0.25, -0.2) is 15.0 Å². The lowest BCUT2D eigenvalue weighted by Gasteiger charge is -2.10. The zero-order chi connectivity index (χ0) is 20.2. The first-order chi connectivity index (χ1) is 14.2. The van der Waals surface area contributed by atoms with Crippen molar-refractivity contribution in [3.63, 3.8) is 0 Å². The number of pyridine rings is 1. The van der Waals surface area contributed by atoms with Gasteiger partial charge in [-0.15, -0.1) is 23.1 Å². The fourth-order valence-electron chi connectivity index (χ4n) is 3.18. The number of fused-ring (bicyclic) bond motifs is 1. The van der Waals surface area contributed by atoms with E-state index < -0.39 is 0 Å². The highest BCUT2D eigenvalue weighted by Crippen LogP contribution is 2.46. The molecule has 0 unspecified atom stereocenters. The molecule has 0 bridgehead atoms. The number of nitrogens with two attached hydrogens (primary N) is 1. The monoisotopic (exact) mass is 421 g/mol. The van der Waals surface area contributed by atoms with Gasteiger partial charge in [0.15, 0.2) is 0 Å². The van der Waals surface area contributed by atoms with Gasteiger partial charge in [0.05, 0.1) is 15.6 Å². The van der Waals surface area contributed by atoms with Gasteiger partial charge in [0.1, 0.15) is 4.83 Å². The maximum Gasteiger partial charge on any atom is 0.219 e. The zero-order valence-electron chi connectivity index (χ0n) is 16.5. The topological polar surface area (TPSA) is 76.7 Å². The molecule has 0 radical (unpaired) electrons. The SMILES string of the molecule is CCCCSc1sc2nc(-c3cnc(N)nc3)cc(-c3ccccc3)c2c1NC. The molecule has 0 saturated heterocycles. The van der Waals surface area contributed by atoms with Crippen LogP contribution in [0.2, 0.25) is 0 Å². The van der Waals surface area contributed by atoms with Crippen LogP contribution in [0.1, 0.15) is 19.8 Å². The summed E-state index contributed by atoms with van der Waals surface area (Å²) in [6.45, 7) is 2.22. The van der Waals surface area contributed by atoms with Gasteiger partial charge in [-0.1, -0.05) is 43.7 Å². The van der Waals surface area contributed by atoms with Gasteiger partial charge in [0.2, 0.25) is 5.95 Å². The summed E-state index contributed by atoms with van der Waals surface area (Å²) in [5.74, 6) is 1.37. The molecule has 1 aromatic carbocycles. The van der Waals surface area contributed by atoms with Gasteiger partial charge < -0.3 is 11.1 Å². The number of nitrogens with one attached hydrogen (secondary N) is 1. The van der Waals surface area contributed by atoms with Crippen molar-refractivity contribution >= 4 is 45.0 Å². The molecule has 4 aromatic rings. The fourth-order valence-corrected chi connectivity index (χ4v) is 5.81. The summed E-state index contributed by atoms with van der Waals surface area (Å²) in [6.07, 6.45) is 5.86. The number of rotatable bonds is 7. The van der Waals surface area contributed by atoms with Crippen LogP contribution in [0.5, 0.6) is 0 Å². The predicted octanol–water partition coefficient (Wildman–Crippen LogP) is 5.94. The van der Waals surface area contributed by atoms with E-state index in [4.69, 9.17) is 10.7 Å². The van der Waals surface area contributed by atoms with Crippen LogP contribution in [0.3, 0.4) is 0 Å². The number of nitrogens with zero attached hydrogens (tertiary/aromatic N) is 3. The van der Waals surface area contributed by atoms with E-state index in [9.17, 15) is 0 Å². The number of anilines is 2. The number of unbranched alkanes of at least 4 members (excludes halogenated alkanes) is 1. The lowest BCUT2D eigenvalue weighted by molar-refractivity contribution is 0.897. The number of hydrogen-bond acceptors (Lipinski definition) is 7. The average Bonchev–Trinajstić information content (AvgIpc) is 3.11. The molecule has 0 aliphatic heterocycles. The summed E-state index contributed by atoms with van der Waals surface area (Å²) >= 11 is 3.65. The Kier molecular flexibility index (Phi) is 5.97. The molecule has 0 saturated carbocycles. The molecule has 7 heteroatoms. The first-order valence-electron chi connectivity index (χ1n) is 9.62. The number of nitrogen functional groups attached to an aromatic ring is 1. The van der Waals surface area contributed by atoms with Gasteiger partial charge in [-0.05, 0) is 29.4 Å². The van der Waals surface area contributed by atoms with Gasteiger partial charge >= 0.3 is 0 Å². The quantitative estimate of drug-likeness (QED) is 0.284. The Hall–Kier alpha value is -2.64. The molecule has 5 nitrogen and oxygen atoms in total. The van der Waals surface area contributed by atoms with Gasteiger partial charge in [0.25, 0.3) is 0 Å². The first kappa shape index (κ1) is 19.7. The first-order valence-corrected chi connectivity index (χ1v) is 11.4. The number of thiophene rings is 1. The van der Waals surface area contributed by atoms with Crippen molar-refractivity contribution < 1.29 is 0 Å². The fraction of sp³-hybridized carbons (Fsp3) is 0.227. The molecule has 0 aliphatic carbocycles.